The van der Waals surface area contributed by atoms with Crippen LogP contribution in [0.5, 0.6) is 0 Å². The molecule has 0 fully saturated rings. The summed E-state index contributed by atoms with van der Waals surface area (Å²) >= 11 is 1.66. The van der Waals surface area contributed by atoms with E-state index < -0.39 is 8.07 Å². The summed E-state index contributed by atoms with van der Waals surface area (Å²) in [6.07, 6.45) is 4.99. The van der Waals surface area contributed by atoms with E-state index in [0.717, 1.165) is 56.6 Å². The molecule has 0 amide bonds. The van der Waals surface area contributed by atoms with Crippen molar-refractivity contribution in [3.8, 4) is 50.6 Å². The second-order valence-electron chi connectivity index (χ2n) is 19.3. The fourth-order valence-corrected chi connectivity index (χ4v) is 11.4. The van der Waals surface area contributed by atoms with Crippen LogP contribution in [-0.2, 0) is 26.5 Å². The molecule has 10 rings (SSSR count). The molecule has 1 radical (unpaired) electrons. The molecule has 6 aromatic carbocycles. The molecule has 0 spiro atoms. The van der Waals surface area contributed by atoms with Crippen molar-refractivity contribution in [3.05, 3.63) is 180 Å². The number of para-hydroxylation sites is 2. The third-order valence-electron chi connectivity index (χ3n) is 12.2. The number of fused-ring (bicyclic) bond motifs is 3. The number of furan rings is 1. The summed E-state index contributed by atoms with van der Waals surface area (Å²) in [6.45, 7) is 20.9. The summed E-state index contributed by atoms with van der Waals surface area (Å²) in [7, 11) is -1.34. The molecule has 0 saturated carbocycles. The Bertz CT molecular complexity index is 3240. The number of aromatic nitrogens is 3. The minimum absolute atomic E-state index is 0. The Morgan fingerprint density at radius 3 is 2.09 bits per heavy atom. The van der Waals surface area contributed by atoms with E-state index in [-0.39, 0.29) is 20.1 Å². The topological polar surface area (TPSA) is 43.9 Å². The average molecular weight is 1080 g/mol. The summed E-state index contributed by atoms with van der Waals surface area (Å²) in [4.78, 5) is 10.0. The van der Waals surface area contributed by atoms with E-state index in [2.05, 4.69) is 204 Å². The maximum absolute atomic E-state index is 5.60. The number of rotatable bonds is 10. The SMILES string of the molecule is CC(C)Cc1cc(-c2[c-]cccc2)ncc1[Si](C)(C)C.CC(C)c1cc(-c2ccccc2)cc(C(C)C)c1-n1c(-c2[c-]sc3ccc(-c4ccc5occc5c4)cc23)nc2ccccc21.[Ir]. The van der Waals surface area contributed by atoms with Crippen LogP contribution in [0.25, 0.3) is 82.7 Å². The quantitative estimate of drug-likeness (QED) is 0.101. The molecule has 7 heteroatoms. The number of nitrogens with zero attached hydrogens (tertiary/aromatic N) is 3. The van der Waals surface area contributed by atoms with Crippen molar-refractivity contribution in [1.29, 1.82) is 0 Å². The van der Waals surface area contributed by atoms with Crippen LogP contribution >= 0.6 is 11.3 Å². The van der Waals surface area contributed by atoms with Crippen molar-refractivity contribution < 1.29 is 24.5 Å². The zero-order chi connectivity index (χ0) is 45.4. The van der Waals surface area contributed by atoms with E-state index >= 15 is 0 Å². The van der Waals surface area contributed by atoms with Gasteiger partial charge in [0, 0.05) is 37.4 Å². The van der Waals surface area contributed by atoms with Gasteiger partial charge in [-0.2, -0.15) is 0 Å². The predicted octanol–water partition coefficient (Wildman–Crippen LogP) is 16.3. The number of hydrogen-bond donors (Lipinski definition) is 0. The molecule has 0 bridgehead atoms. The first kappa shape index (κ1) is 46.8. The first-order chi connectivity index (χ1) is 31.3. The second kappa shape index (κ2) is 19.6. The van der Waals surface area contributed by atoms with Crippen LogP contribution in [0, 0.1) is 17.4 Å². The van der Waals surface area contributed by atoms with E-state index in [1.165, 1.54) is 54.3 Å². The van der Waals surface area contributed by atoms with Crippen molar-refractivity contribution in [2.75, 3.05) is 0 Å². The van der Waals surface area contributed by atoms with Crippen molar-refractivity contribution in [2.24, 2.45) is 5.92 Å². The van der Waals surface area contributed by atoms with Crippen molar-refractivity contribution >= 4 is 56.7 Å². The van der Waals surface area contributed by atoms with Crippen molar-refractivity contribution in [3.63, 3.8) is 0 Å². The van der Waals surface area contributed by atoms with Gasteiger partial charge in [0.1, 0.15) is 5.58 Å². The van der Waals surface area contributed by atoms with Gasteiger partial charge < -0.3 is 14.0 Å². The maximum atomic E-state index is 5.60. The summed E-state index contributed by atoms with van der Waals surface area (Å²) < 4.78 is 9.21. The zero-order valence-electron chi connectivity index (χ0n) is 39.4. The fourth-order valence-electron chi connectivity index (χ4n) is 8.98. The summed E-state index contributed by atoms with van der Waals surface area (Å²) in [5, 5.41) is 7.45. The third-order valence-corrected chi connectivity index (χ3v) is 15.2. The minimum atomic E-state index is -1.34. The largest absolute Gasteiger partial charge is 0.464 e. The Balaban J connectivity index is 0.000000238. The second-order valence-corrected chi connectivity index (χ2v) is 25.1. The molecule has 4 nitrogen and oxygen atoms in total. The predicted molar refractivity (Wildman–Crippen MR) is 280 cm³/mol. The number of benzene rings is 6. The van der Waals surface area contributed by atoms with Crippen LogP contribution in [0.1, 0.15) is 70.1 Å². The standard InChI is InChI=1S/C41H33N2OS.C18H24NSi.Ir/c1-25(2)32-22-31(27-10-6-5-7-11-27)23-33(26(3)4)40(32)43-37-13-9-8-12-36(37)42-41(43)35-24-45-39-17-15-29(21-34(35)39)28-14-16-38-30(20-28)18-19-44-38;1-14(2)11-16-12-17(15-9-7-6-8-10-15)19-13-18(16)20(3,4)5;/h5-23,25-26H,1-4H3;6-9,12-14H,11H2,1-5H3;/q2*-1;. The van der Waals surface area contributed by atoms with Gasteiger partial charge in [0.25, 0.3) is 0 Å². The first-order valence-corrected chi connectivity index (χ1v) is 27.3. The molecule has 4 heterocycles. The average Bonchev–Trinajstić information content (AvgIpc) is 4.05. The van der Waals surface area contributed by atoms with Gasteiger partial charge in [0.05, 0.1) is 31.2 Å². The number of hydrogen-bond acceptors (Lipinski definition) is 4. The molecule has 0 aliphatic rings. The molecule has 0 unspecified atom stereocenters. The molecule has 0 aliphatic carbocycles. The molecule has 0 aliphatic heterocycles. The van der Waals surface area contributed by atoms with Gasteiger partial charge >= 0.3 is 0 Å². The van der Waals surface area contributed by atoms with Crippen LogP contribution in [0.3, 0.4) is 0 Å². The molecular weight excluding hydrogens is 1020 g/mol. The molecule has 335 valence electrons. The van der Waals surface area contributed by atoms with Gasteiger partial charge in [-0.1, -0.05) is 155 Å². The first-order valence-electron chi connectivity index (χ1n) is 22.9. The monoisotopic (exact) mass is 1080 g/mol. The number of thiophene rings is 1. The summed E-state index contributed by atoms with van der Waals surface area (Å²) in [5.41, 5.74) is 16.3. The Kier molecular flexibility index (Phi) is 13.9. The Labute approximate surface area is 409 Å². The van der Waals surface area contributed by atoms with Crippen LogP contribution in [0.2, 0.25) is 19.6 Å². The van der Waals surface area contributed by atoms with Crippen LogP contribution in [-0.4, -0.2) is 22.6 Å². The molecule has 10 aromatic rings. The van der Waals surface area contributed by atoms with Gasteiger partial charge in [0.15, 0.2) is 0 Å². The fraction of sp³-hybridized carbons (Fsp3) is 0.220. The van der Waals surface area contributed by atoms with Gasteiger partial charge in [-0.15, -0.1) is 41.3 Å². The summed E-state index contributed by atoms with van der Waals surface area (Å²) in [6, 6.07) is 52.8. The molecule has 0 saturated heterocycles. The van der Waals surface area contributed by atoms with E-state index in [9.17, 15) is 0 Å². The third kappa shape index (κ3) is 9.59. The Morgan fingerprint density at radius 1 is 0.697 bits per heavy atom. The van der Waals surface area contributed by atoms with Crippen LogP contribution < -0.4 is 5.19 Å². The number of pyridine rings is 1. The van der Waals surface area contributed by atoms with Gasteiger partial charge in [0.2, 0.25) is 0 Å². The zero-order valence-corrected chi connectivity index (χ0v) is 43.6. The van der Waals surface area contributed by atoms with E-state index in [1.54, 1.807) is 17.6 Å². The van der Waals surface area contributed by atoms with Crippen molar-refractivity contribution in [1.82, 2.24) is 14.5 Å². The molecule has 0 atom stereocenters. The Morgan fingerprint density at radius 2 is 1.39 bits per heavy atom. The van der Waals surface area contributed by atoms with Crippen molar-refractivity contribution in [2.45, 2.75) is 79.4 Å². The van der Waals surface area contributed by atoms with Gasteiger partial charge in [-0.25, -0.2) is 0 Å². The minimum Gasteiger partial charge on any atom is -0.464 e. The summed E-state index contributed by atoms with van der Waals surface area (Å²) in [5.74, 6) is 2.21. The Hall–Kier alpha value is -5.69. The molecule has 66 heavy (non-hydrogen) atoms. The van der Waals surface area contributed by atoms with Crippen LogP contribution in [0.15, 0.2) is 156 Å². The molecular formula is C59H57IrN3OSSi-2. The molecule has 4 aromatic heterocycles. The smallest absolute Gasteiger partial charge is 0.133 e. The maximum Gasteiger partial charge on any atom is 0.133 e. The molecule has 0 N–H and O–H groups in total. The van der Waals surface area contributed by atoms with E-state index in [1.807, 2.05) is 24.3 Å². The van der Waals surface area contributed by atoms with E-state index in [0.29, 0.717) is 17.8 Å². The van der Waals surface area contributed by atoms with Gasteiger partial charge in [-0.3, -0.25) is 16.3 Å². The van der Waals surface area contributed by atoms with Crippen LogP contribution in [0.4, 0.5) is 0 Å². The van der Waals surface area contributed by atoms with E-state index in [4.69, 9.17) is 9.40 Å². The normalized spacial score (nSPS) is 11.8. The van der Waals surface area contributed by atoms with Gasteiger partial charge in [-0.05, 0) is 111 Å². The number of imidazole rings is 1.